The van der Waals surface area contributed by atoms with E-state index in [0.717, 1.165) is 36.3 Å². The number of aromatic nitrogens is 1. The van der Waals surface area contributed by atoms with E-state index >= 15 is 0 Å². The van der Waals surface area contributed by atoms with Crippen LogP contribution in [-0.4, -0.2) is 43.2 Å². The van der Waals surface area contributed by atoms with E-state index in [-0.39, 0.29) is 5.56 Å². The van der Waals surface area contributed by atoms with Gasteiger partial charge in [0.15, 0.2) is 0 Å². The molecule has 0 aliphatic heterocycles. The molecule has 18 heavy (non-hydrogen) atoms. The summed E-state index contributed by atoms with van der Waals surface area (Å²) in [6.45, 7) is 3.50. The van der Waals surface area contributed by atoms with Crippen LogP contribution in [0.4, 0.5) is 0 Å². The smallest absolute Gasteiger partial charge is 0.259 e. The normalized spacial score (nSPS) is 11.5. The standard InChI is InChI=1S/C13H19N3OS/c1-15(2)8-5-14-6-9-16-7-3-12-11(13(16)17)4-10-18-12/h3-4,7,10,14H,5-6,8-9H2,1-2H3. The van der Waals surface area contributed by atoms with E-state index in [2.05, 4.69) is 24.3 Å². The van der Waals surface area contributed by atoms with Gasteiger partial charge in [0.2, 0.25) is 0 Å². The topological polar surface area (TPSA) is 37.3 Å². The predicted molar refractivity (Wildman–Crippen MR) is 77.5 cm³/mol. The summed E-state index contributed by atoms with van der Waals surface area (Å²) in [5.74, 6) is 0. The van der Waals surface area contributed by atoms with Gasteiger partial charge in [-0.2, -0.15) is 0 Å². The molecule has 98 valence electrons. The first kappa shape index (κ1) is 13.3. The van der Waals surface area contributed by atoms with Gasteiger partial charge in [0, 0.05) is 37.1 Å². The first-order chi connectivity index (χ1) is 8.68. The first-order valence-electron chi connectivity index (χ1n) is 6.10. The average molecular weight is 265 g/mol. The van der Waals surface area contributed by atoms with Crippen molar-refractivity contribution in [1.29, 1.82) is 0 Å². The van der Waals surface area contributed by atoms with Crippen LogP contribution in [0.1, 0.15) is 0 Å². The summed E-state index contributed by atoms with van der Waals surface area (Å²) in [6.07, 6.45) is 1.88. The maximum Gasteiger partial charge on any atom is 0.259 e. The van der Waals surface area contributed by atoms with Crippen LogP contribution in [0, 0.1) is 0 Å². The highest BCUT2D eigenvalue weighted by molar-refractivity contribution is 7.17. The van der Waals surface area contributed by atoms with E-state index in [0.29, 0.717) is 0 Å². The molecule has 1 N–H and O–H groups in total. The zero-order chi connectivity index (χ0) is 13.0. The SMILES string of the molecule is CN(C)CCNCCn1ccc2sccc2c1=O. The number of nitrogens with one attached hydrogen (secondary N) is 1. The van der Waals surface area contributed by atoms with Crippen LogP contribution < -0.4 is 10.9 Å². The molecule has 2 rings (SSSR count). The summed E-state index contributed by atoms with van der Waals surface area (Å²) in [6, 6.07) is 3.92. The van der Waals surface area contributed by atoms with Crippen molar-refractivity contribution in [3.63, 3.8) is 0 Å². The van der Waals surface area contributed by atoms with Gasteiger partial charge in [-0.1, -0.05) is 0 Å². The fourth-order valence-electron chi connectivity index (χ4n) is 1.81. The van der Waals surface area contributed by atoms with Crippen molar-refractivity contribution >= 4 is 21.4 Å². The van der Waals surface area contributed by atoms with Gasteiger partial charge in [-0.3, -0.25) is 4.79 Å². The Bertz CT molecular complexity index is 559. The lowest BCUT2D eigenvalue weighted by molar-refractivity contribution is 0.397. The van der Waals surface area contributed by atoms with Gasteiger partial charge < -0.3 is 14.8 Å². The summed E-state index contributed by atoms with van der Waals surface area (Å²) in [4.78, 5) is 14.2. The van der Waals surface area contributed by atoms with Crippen LogP contribution >= 0.6 is 11.3 Å². The molecular weight excluding hydrogens is 246 g/mol. The van der Waals surface area contributed by atoms with Crippen LogP contribution in [0.15, 0.2) is 28.5 Å². The lowest BCUT2D eigenvalue weighted by atomic mass is 10.3. The van der Waals surface area contributed by atoms with Crippen molar-refractivity contribution < 1.29 is 0 Å². The lowest BCUT2D eigenvalue weighted by Crippen LogP contribution is -2.31. The van der Waals surface area contributed by atoms with Gasteiger partial charge in [0.05, 0.1) is 5.39 Å². The Hall–Kier alpha value is -1.17. The molecule has 0 bridgehead atoms. The minimum absolute atomic E-state index is 0.114. The van der Waals surface area contributed by atoms with Crippen LogP contribution in [0.3, 0.4) is 0 Å². The summed E-state index contributed by atoms with van der Waals surface area (Å²) >= 11 is 1.61. The number of likely N-dealkylation sites (N-methyl/N-ethyl adjacent to an activating group) is 1. The molecule has 0 unspecified atom stereocenters. The zero-order valence-corrected chi connectivity index (χ0v) is 11.7. The predicted octanol–water partition coefficient (Wildman–Crippen LogP) is 1.21. The second-order valence-corrected chi connectivity index (χ2v) is 5.51. The fraction of sp³-hybridized carbons (Fsp3) is 0.462. The molecule has 0 saturated carbocycles. The third-order valence-electron chi connectivity index (χ3n) is 2.86. The fourth-order valence-corrected chi connectivity index (χ4v) is 2.58. The maximum absolute atomic E-state index is 12.1. The van der Waals surface area contributed by atoms with E-state index in [1.54, 1.807) is 15.9 Å². The van der Waals surface area contributed by atoms with Crippen molar-refractivity contribution in [2.45, 2.75) is 6.54 Å². The largest absolute Gasteiger partial charge is 0.314 e. The summed E-state index contributed by atoms with van der Waals surface area (Å²) < 4.78 is 2.84. The lowest BCUT2D eigenvalue weighted by Gasteiger charge is -2.11. The molecule has 0 atom stereocenters. The molecule has 0 fully saturated rings. The highest BCUT2D eigenvalue weighted by Crippen LogP contribution is 2.15. The molecule has 0 saturated heterocycles. The number of hydrogen-bond acceptors (Lipinski definition) is 4. The highest BCUT2D eigenvalue weighted by atomic mass is 32.1. The van der Waals surface area contributed by atoms with Crippen molar-refractivity contribution in [1.82, 2.24) is 14.8 Å². The summed E-state index contributed by atoms with van der Waals surface area (Å²) in [5, 5.41) is 6.13. The molecule has 0 radical (unpaired) electrons. The van der Waals surface area contributed by atoms with E-state index in [9.17, 15) is 4.79 Å². The number of rotatable bonds is 6. The third-order valence-corrected chi connectivity index (χ3v) is 3.74. The molecule has 0 amide bonds. The number of nitrogens with zero attached hydrogens (tertiary/aromatic N) is 2. The molecular formula is C13H19N3OS. The minimum atomic E-state index is 0.114. The Morgan fingerprint density at radius 2 is 2.17 bits per heavy atom. The van der Waals surface area contributed by atoms with Crippen LogP contribution in [0.2, 0.25) is 0 Å². The van der Waals surface area contributed by atoms with Crippen molar-refractivity contribution in [3.05, 3.63) is 34.1 Å². The Kier molecular flexibility index (Phi) is 4.52. The Balaban J connectivity index is 1.91. The number of pyridine rings is 1. The highest BCUT2D eigenvalue weighted by Gasteiger charge is 2.02. The second kappa shape index (κ2) is 6.13. The molecule has 2 heterocycles. The molecule has 2 aromatic rings. The van der Waals surface area contributed by atoms with Crippen LogP contribution in [0.25, 0.3) is 10.1 Å². The van der Waals surface area contributed by atoms with Crippen molar-refractivity contribution in [2.24, 2.45) is 0 Å². The van der Waals surface area contributed by atoms with Gasteiger partial charge in [0.25, 0.3) is 5.56 Å². The Morgan fingerprint density at radius 1 is 1.33 bits per heavy atom. The summed E-state index contributed by atoms with van der Waals surface area (Å²) in [5.41, 5.74) is 0.114. The first-order valence-corrected chi connectivity index (χ1v) is 6.98. The van der Waals surface area contributed by atoms with Gasteiger partial charge in [-0.15, -0.1) is 11.3 Å². The van der Waals surface area contributed by atoms with E-state index in [1.807, 2.05) is 23.7 Å². The van der Waals surface area contributed by atoms with E-state index < -0.39 is 0 Å². The van der Waals surface area contributed by atoms with Crippen molar-refractivity contribution in [2.75, 3.05) is 33.7 Å². The van der Waals surface area contributed by atoms with Gasteiger partial charge >= 0.3 is 0 Å². The molecule has 0 aromatic carbocycles. The Labute approximate surface area is 111 Å². The molecule has 0 aliphatic rings. The summed E-state index contributed by atoms with van der Waals surface area (Å²) in [7, 11) is 4.10. The maximum atomic E-state index is 12.1. The van der Waals surface area contributed by atoms with Crippen molar-refractivity contribution in [3.8, 4) is 0 Å². The van der Waals surface area contributed by atoms with Crippen LogP contribution in [0.5, 0.6) is 0 Å². The van der Waals surface area contributed by atoms with Gasteiger partial charge in [0.1, 0.15) is 0 Å². The quantitative estimate of drug-likeness (QED) is 0.798. The molecule has 0 spiro atoms. The van der Waals surface area contributed by atoms with Gasteiger partial charge in [-0.05, 0) is 31.6 Å². The zero-order valence-electron chi connectivity index (χ0n) is 10.8. The molecule has 4 nitrogen and oxygen atoms in total. The molecule has 2 aromatic heterocycles. The average Bonchev–Trinajstić information content (AvgIpc) is 2.80. The molecule has 5 heteroatoms. The second-order valence-electron chi connectivity index (χ2n) is 4.57. The number of hydrogen-bond donors (Lipinski definition) is 1. The van der Waals surface area contributed by atoms with E-state index in [1.165, 1.54) is 0 Å². The number of thiophene rings is 1. The monoisotopic (exact) mass is 265 g/mol. The van der Waals surface area contributed by atoms with Gasteiger partial charge in [-0.25, -0.2) is 0 Å². The number of fused-ring (bicyclic) bond motifs is 1. The minimum Gasteiger partial charge on any atom is -0.314 e. The Morgan fingerprint density at radius 3 is 2.94 bits per heavy atom. The van der Waals surface area contributed by atoms with E-state index in [4.69, 9.17) is 0 Å². The van der Waals surface area contributed by atoms with Crippen LogP contribution in [-0.2, 0) is 6.54 Å². The third kappa shape index (κ3) is 3.19. The molecule has 0 aliphatic carbocycles.